The smallest absolute Gasteiger partial charge is 0.264 e. The predicted molar refractivity (Wildman–Crippen MR) is 96.1 cm³/mol. The standard InChI is InChI=1S/C19H20N2O2S/c22-13-19(7-8-19)12-21(11-14-4-2-1-3-5-14)18(23)17-10-15-16(24-17)6-9-20-15/h1-6,9-10,20,22H,7-8,11-13H2. The third kappa shape index (κ3) is 2.97. The van der Waals surface area contributed by atoms with Crippen LogP contribution in [0.5, 0.6) is 0 Å². The van der Waals surface area contributed by atoms with Gasteiger partial charge >= 0.3 is 0 Å². The van der Waals surface area contributed by atoms with Crippen LogP contribution in [-0.4, -0.2) is 34.0 Å². The van der Waals surface area contributed by atoms with E-state index >= 15 is 0 Å². The van der Waals surface area contributed by atoms with E-state index in [4.69, 9.17) is 0 Å². The van der Waals surface area contributed by atoms with Crippen molar-refractivity contribution in [1.29, 1.82) is 0 Å². The van der Waals surface area contributed by atoms with Crippen molar-refractivity contribution >= 4 is 27.5 Å². The molecule has 0 bridgehead atoms. The number of hydrogen-bond donors (Lipinski definition) is 2. The number of rotatable bonds is 6. The molecule has 0 aliphatic heterocycles. The summed E-state index contributed by atoms with van der Waals surface area (Å²) in [4.78, 5) is 18.9. The van der Waals surface area contributed by atoms with Crippen LogP contribution in [0.15, 0.2) is 48.7 Å². The molecule has 0 unspecified atom stereocenters. The van der Waals surface area contributed by atoms with Gasteiger partial charge in [-0.1, -0.05) is 30.3 Å². The van der Waals surface area contributed by atoms with Gasteiger partial charge in [0.1, 0.15) is 0 Å². The van der Waals surface area contributed by atoms with Gasteiger partial charge < -0.3 is 15.0 Å². The molecule has 0 atom stereocenters. The molecular formula is C19H20N2O2S. The summed E-state index contributed by atoms with van der Waals surface area (Å²) in [6.07, 6.45) is 3.88. The zero-order valence-electron chi connectivity index (χ0n) is 13.4. The highest BCUT2D eigenvalue weighted by atomic mass is 32.1. The van der Waals surface area contributed by atoms with Crippen LogP contribution in [-0.2, 0) is 6.54 Å². The summed E-state index contributed by atoms with van der Waals surface area (Å²) in [5.41, 5.74) is 2.02. The van der Waals surface area contributed by atoms with Crippen LogP contribution in [0.4, 0.5) is 0 Å². The summed E-state index contributed by atoms with van der Waals surface area (Å²) in [7, 11) is 0. The Kier molecular flexibility index (Phi) is 3.90. The fourth-order valence-electron chi connectivity index (χ4n) is 3.06. The fraction of sp³-hybridized carbons (Fsp3) is 0.316. The van der Waals surface area contributed by atoms with Crippen molar-refractivity contribution in [2.75, 3.05) is 13.2 Å². The number of hydrogen-bond acceptors (Lipinski definition) is 3. The Labute approximate surface area is 144 Å². The number of carbonyl (C=O) groups is 1. The molecule has 2 N–H and O–H groups in total. The van der Waals surface area contributed by atoms with E-state index in [0.29, 0.717) is 13.1 Å². The highest BCUT2D eigenvalue weighted by Gasteiger charge is 2.44. The molecule has 1 aromatic carbocycles. The molecule has 4 nitrogen and oxygen atoms in total. The minimum Gasteiger partial charge on any atom is -0.396 e. The van der Waals surface area contributed by atoms with Gasteiger partial charge in [0.25, 0.3) is 5.91 Å². The van der Waals surface area contributed by atoms with E-state index in [-0.39, 0.29) is 17.9 Å². The van der Waals surface area contributed by atoms with Crippen molar-refractivity contribution in [2.24, 2.45) is 5.41 Å². The Morgan fingerprint density at radius 2 is 2.04 bits per heavy atom. The molecule has 1 fully saturated rings. The molecule has 124 valence electrons. The van der Waals surface area contributed by atoms with Crippen LogP contribution in [0.25, 0.3) is 10.2 Å². The molecular weight excluding hydrogens is 320 g/mol. The third-order valence-electron chi connectivity index (χ3n) is 4.77. The number of benzene rings is 1. The number of nitrogens with one attached hydrogen (secondary N) is 1. The first-order chi connectivity index (χ1) is 11.7. The third-order valence-corrected chi connectivity index (χ3v) is 5.86. The number of thiophene rings is 1. The lowest BCUT2D eigenvalue weighted by Crippen LogP contribution is -2.36. The van der Waals surface area contributed by atoms with Crippen molar-refractivity contribution in [3.05, 3.63) is 59.1 Å². The molecule has 1 aliphatic carbocycles. The number of aromatic nitrogens is 1. The zero-order chi connectivity index (χ0) is 16.6. The lowest BCUT2D eigenvalue weighted by molar-refractivity contribution is 0.0670. The van der Waals surface area contributed by atoms with E-state index in [1.165, 1.54) is 11.3 Å². The van der Waals surface area contributed by atoms with Crippen LogP contribution in [0.1, 0.15) is 28.1 Å². The second-order valence-corrected chi connectivity index (χ2v) is 7.75. The van der Waals surface area contributed by atoms with Crippen LogP contribution in [0, 0.1) is 5.41 Å². The quantitative estimate of drug-likeness (QED) is 0.720. The Morgan fingerprint density at radius 1 is 1.25 bits per heavy atom. The summed E-state index contributed by atoms with van der Waals surface area (Å²) >= 11 is 1.52. The number of amides is 1. The van der Waals surface area contributed by atoms with Gasteiger partial charge in [0, 0.05) is 24.7 Å². The molecule has 2 heterocycles. The number of aliphatic hydroxyl groups excluding tert-OH is 1. The maximum absolute atomic E-state index is 13.1. The summed E-state index contributed by atoms with van der Waals surface area (Å²) in [6, 6.07) is 14.0. The van der Waals surface area contributed by atoms with Crippen LogP contribution < -0.4 is 0 Å². The second kappa shape index (κ2) is 6.07. The minimum absolute atomic E-state index is 0.0492. The van der Waals surface area contributed by atoms with Crippen LogP contribution in [0.2, 0.25) is 0 Å². The average Bonchev–Trinajstić information content (AvgIpc) is 3.04. The Morgan fingerprint density at radius 3 is 2.71 bits per heavy atom. The Balaban J connectivity index is 1.60. The van der Waals surface area contributed by atoms with Gasteiger partial charge in [0.15, 0.2) is 0 Å². The summed E-state index contributed by atoms with van der Waals surface area (Å²) in [5, 5.41) is 9.66. The fourth-order valence-corrected chi connectivity index (χ4v) is 4.06. The molecule has 0 saturated heterocycles. The number of carbonyl (C=O) groups excluding carboxylic acids is 1. The van der Waals surface area contributed by atoms with Crippen molar-refractivity contribution in [1.82, 2.24) is 9.88 Å². The number of aromatic amines is 1. The first-order valence-corrected chi connectivity index (χ1v) is 9.02. The van der Waals surface area contributed by atoms with E-state index in [1.54, 1.807) is 0 Å². The van der Waals surface area contributed by atoms with Crippen molar-refractivity contribution < 1.29 is 9.90 Å². The van der Waals surface area contributed by atoms with Crippen LogP contribution in [0.3, 0.4) is 0 Å². The largest absolute Gasteiger partial charge is 0.396 e. The normalized spacial score (nSPS) is 15.5. The van der Waals surface area contributed by atoms with E-state index in [1.807, 2.05) is 53.6 Å². The molecule has 1 aliphatic rings. The van der Waals surface area contributed by atoms with Gasteiger partial charge in [0.05, 0.1) is 21.7 Å². The number of fused-ring (bicyclic) bond motifs is 1. The van der Waals surface area contributed by atoms with Crippen molar-refractivity contribution in [3.8, 4) is 0 Å². The lowest BCUT2D eigenvalue weighted by atomic mass is 10.1. The van der Waals surface area contributed by atoms with Crippen molar-refractivity contribution in [3.63, 3.8) is 0 Å². The van der Waals surface area contributed by atoms with Gasteiger partial charge in [-0.05, 0) is 30.5 Å². The lowest BCUT2D eigenvalue weighted by Gasteiger charge is -2.26. The average molecular weight is 340 g/mol. The van der Waals surface area contributed by atoms with Gasteiger partial charge in [-0.15, -0.1) is 11.3 Å². The van der Waals surface area contributed by atoms with Crippen molar-refractivity contribution in [2.45, 2.75) is 19.4 Å². The first-order valence-electron chi connectivity index (χ1n) is 8.20. The molecule has 24 heavy (non-hydrogen) atoms. The molecule has 3 aromatic rings. The van der Waals surface area contributed by atoms with E-state index < -0.39 is 0 Å². The maximum Gasteiger partial charge on any atom is 0.264 e. The SMILES string of the molecule is O=C(c1cc2[nH]ccc2s1)N(Cc1ccccc1)CC1(CO)CC1. The molecule has 1 amide bonds. The van der Waals surface area contributed by atoms with Gasteiger partial charge in [0.2, 0.25) is 0 Å². The van der Waals surface area contributed by atoms with Gasteiger partial charge in [-0.3, -0.25) is 4.79 Å². The first kappa shape index (κ1) is 15.4. The van der Waals surface area contributed by atoms with E-state index in [2.05, 4.69) is 4.98 Å². The van der Waals surface area contributed by atoms with Crippen LogP contribution >= 0.6 is 11.3 Å². The second-order valence-electron chi connectivity index (χ2n) is 6.67. The highest BCUT2D eigenvalue weighted by Crippen LogP contribution is 2.46. The summed E-state index contributed by atoms with van der Waals surface area (Å²) in [6.45, 7) is 1.34. The molecule has 2 aromatic heterocycles. The molecule has 0 spiro atoms. The molecule has 5 heteroatoms. The maximum atomic E-state index is 13.1. The van der Waals surface area contributed by atoms with Gasteiger partial charge in [-0.25, -0.2) is 0 Å². The minimum atomic E-state index is -0.0947. The Hall–Kier alpha value is -2.11. The van der Waals surface area contributed by atoms with Gasteiger partial charge in [-0.2, -0.15) is 0 Å². The zero-order valence-corrected chi connectivity index (χ0v) is 14.2. The summed E-state index contributed by atoms with van der Waals surface area (Å²) < 4.78 is 1.10. The predicted octanol–water partition coefficient (Wildman–Crippen LogP) is 3.64. The topological polar surface area (TPSA) is 56.3 Å². The monoisotopic (exact) mass is 340 g/mol. The van der Waals surface area contributed by atoms with E-state index in [9.17, 15) is 9.90 Å². The number of aliphatic hydroxyl groups is 1. The van der Waals surface area contributed by atoms with E-state index in [0.717, 1.165) is 33.5 Å². The highest BCUT2D eigenvalue weighted by molar-refractivity contribution is 7.20. The summed E-state index contributed by atoms with van der Waals surface area (Å²) in [5.74, 6) is 0.0492. The Bertz CT molecular complexity index is 820. The number of nitrogens with zero attached hydrogens (tertiary/aromatic N) is 1. The molecule has 0 radical (unpaired) electrons. The molecule has 4 rings (SSSR count). The molecule has 1 saturated carbocycles. The number of H-pyrrole nitrogens is 1.